The number of methoxy groups -OCH3 is 1. The summed E-state index contributed by atoms with van der Waals surface area (Å²) in [6.07, 6.45) is 5.16. The van der Waals surface area contributed by atoms with Crippen LogP contribution < -0.4 is 20.5 Å². The van der Waals surface area contributed by atoms with E-state index in [0.29, 0.717) is 23.5 Å². The normalized spacial score (nSPS) is 21.0. The van der Waals surface area contributed by atoms with Crippen LogP contribution in [-0.2, 0) is 11.3 Å². The van der Waals surface area contributed by atoms with Gasteiger partial charge in [-0.1, -0.05) is 35.7 Å². The maximum Gasteiger partial charge on any atom is 0.255 e. The highest BCUT2D eigenvalue weighted by Crippen LogP contribution is 2.34. The van der Waals surface area contributed by atoms with Gasteiger partial charge in [0.1, 0.15) is 0 Å². The number of carbonyl (C=O) groups excluding carboxylic acids is 1. The Morgan fingerprint density at radius 1 is 1.35 bits per heavy atom. The Morgan fingerprint density at radius 3 is 2.74 bits per heavy atom. The van der Waals surface area contributed by atoms with Gasteiger partial charge in [-0.05, 0) is 36.5 Å². The van der Waals surface area contributed by atoms with E-state index in [1.807, 2.05) is 12.1 Å². The first kappa shape index (κ1) is 18.1. The van der Waals surface area contributed by atoms with Gasteiger partial charge < -0.3 is 20.5 Å². The number of hydrogen-bond donors (Lipinski definition) is 2. The summed E-state index contributed by atoms with van der Waals surface area (Å²) in [4.78, 5) is 10.9. The fourth-order valence-corrected chi connectivity index (χ4v) is 3.46. The minimum atomic E-state index is -0.514. The van der Waals surface area contributed by atoms with Gasteiger partial charge in [0, 0.05) is 17.1 Å². The van der Waals surface area contributed by atoms with Crippen LogP contribution >= 0.6 is 15.9 Å². The van der Waals surface area contributed by atoms with Gasteiger partial charge in [-0.2, -0.15) is 0 Å². The Hall–Kier alpha value is -1.27. The summed E-state index contributed by atoms with van der Waals surface area (Å²) in [7, 11) is 1.58. The van der Waals surface area contributed by atoms with Gasteiger partial charge in [0.15, 0.2) is 18.1 Å². The Balaban J connectivity index is 2.05. The van der Waals surface area contributed by atoms with E-state index < -0.39 is 5.91 Å². The van der Waals surface area contributed by atoms with Crippen molar-refractivity contribution < 1.29 is 14.3 Å². The van der Waals surface area contributed by atoms with Crippen LogP contribution in [0.3, 0.4) is 0 Å². The smallest absolute Gasteiger partial charge is 0.255 e. The molecule has 1 saturated carbocycles. The van der Waals surface area contributed by atoms with Gasteiger partial charge in [-0.25, -0.2) is 0 Å². The Kier molecular flexibility index (Phi) is 6.72. The van der Waals surface area contributed by atoms with Gasteiger partial charge in [-0.3, -0.25) is 4.79 Å². The van der Waals surface area contributed by atoms with Crippen LogP contribution in [0.1, 0.15) is 38.2 Å². The number of hydrogen-bond acceptors (Lipinski definition) is 4. The molecule has 2 rings (SSSR count). The van der Waals surface area contributed by atoms with Crippen molar-refractivity contribution in [2.75, 3.05) is 13.7 Å². The molecule has 0 unspecified atom stereocenters. The molecule has 1 amide bonds. The Morgan fingerprint density at radius 2 is 2.09 bits per heavy atom. The molecule has 0 aliphatic heterocycles. The molecule has 0 saturated heterocycles. The first-order chi connectivity index (χ1) is 11.0. The third-order valence-corrected chi connectivity index (χ3v) is 5.11. The molecule has 0 aromatic heterocycles. The Bertz CT molecular complexity index is 551. The number of primary amides is 1. The van der Waals surface area contributed by atoms with Crippen LogP contribution in [0.4, 0.5) is 0 Å². The number of rotatable bonds is 7. The van der Waals surface area contributed by atoms with E-state index in [1.165, 1.54) is 25.7 Å². The molecule has 1 aliphatic rings. The SMILES string of the molecule is COc1cc(CN[C@@H]2CCCC[C@@H]2C)c(Br)cc1OCC(N)=O. The molecule has 2 atom stereocenters. The summed E-state index contributed by atoms with van der Waals surface area (Å²) < 4.78 is 11.7. The highest BCUT2D eigenvalue weighted by molar-refractivity contribution is 9.10. The average molecular weight is 385 g/mol. The van der Waals surface area contributed by atoms with Crippen LogP contribution in [0.2, 0.25) is 0 Å². The summed E-state index contributed by atoms with van der Waals surface area (Å²) >= 11 is 3.57. The molecule has 0 radical (unpaired) electrons. The van der Waals surface area contributed by atoms with Crippen LogP contribution in [-0.4, -0.2) is 25.7 Å². The molecule has 3 N–H and O–H groups in total. The number of ether oxygens (including phenoxy) is 2. The summed E-state index contributed by atoms with van der Waals surface area (Å²) in [6, 6.07) is 4.32. The van der Waals surface area contributed by atoms with E-state index in [-0.39, 0.29) is 6.61 Å². The second-order valence-corrected chi connectivity index (χ2v) is 6.95. The fourth-order valence-electron chi connectivity index (χ4n) is 2.99. The fraction of sp³-hybridized carbons (Fsp3) is 0.588. The van der Waals surface area contributed by atoms with E-state index in [9.17, 15) is 4.79 Å². The number of benzene rings is 1. The lowest BCUT2D eigenvalue weighted by atomic mass is 9.86. The van der Waals surface area contributed by atoms with E-state index in [1.54, 1.807) is 7.11 Å². The van der Waals surface area contributed by atoms with Crippen molar-refractivity contribution in [3.8, 4) is 11.5 Å². The predicted molar refractivity (Wildman–Crippen MR) is 93.6 cm³/mol. The molecule has 1 aliphatic carbocycles. The van der Waals surface area contributed by atoms with Crippen molar-refractivity contribution in [3.63, 3.8) is 0 Å². The lowest BCUT2D eigenvalue weighted by Gasteiger charge is -2.30. The number of nitrogens with one attached hydrogen (secondary N) is 1. The molecule has 5 nitrogen and oxygen atoms in total. The molecule has 0 spiro atoms. The molecule has 0 bridgehead atoms. The summed E-state index contributed by atoms with van der Waals surface area (Å²) in [5.41, 5.74) is 6.22. The van der Waals surface area contributed by atoms with Gasteiger partial charge >= 0.3 is 0 Å². The molecule has 1 aromatic rings. The number of carbonyl (C=O) groups is 1. The van der Waals surface area contributed by atoms with Crippen molar-refractivity contribution >= 4 is 21.8 Å². The first-order valence-electron chi connectivity index (χ1n) is 8.02. The van der Waals surface area contributed by atoms with Crippen molar-refractivity contribution in [3.05, 3.63) is 22.2 Å². The zero-order chi connectivity index (χ0) is 16.8. The monoisotopic (exact) mass is 384 g/mol. The number of amides is 1. The van der Waals surface area contributed by atoms with Crippen molar-refractivity contribution in [2.45, 2.75) is 45.2 Å². The standard InChI is InChI=1S/C17H25BrN2O3/c1-11-5-3-4-6-14(11)20-9-12-7-15(22-2)16(8-13(12)18)23-10-17(19)21/h7-8,11,14,20H,3-6,9-10H2,1-2H3,(H2,19,21)/t11-,14+/m0/s1. The van der Waals surface area contributed by atoms with E-state index in [2.05, 4.69) is 28.2 Å². The highest BCUT2D eigenvalue weighted by atomic mass is 79.9. The van der Waals surface area contributed by atoms with Crippen molar-refractivity contribution in [1.29, 1.82) is 0 Å². The molecule has 1 fully saturated rings. The van der Waals surface area contributed by atoms with Gasteiger partial charge in [-0.15, -0.1) is 0 Å². The number of halogens is 1. The maximum absolute atomic E-state index is 10.9. The maximum atomic E-state index is 10.9. The molecule has 1 aromatic carbocycles. The Labute approximate surface area is 146 Å². The van der Waals surface area contributed by atoms with E-state index >= 15 is 0 Å². The van der Waals surface area contributed by atoms with E-state index in [0.717, 1.165) is 16.6 Å². The third kappa shape index (κ3) is 5.11. The molecular weight excluding hydrogens is 360 g/mol. The van der Waals surface area contributed by atoms with Crippen LogP contribution in [0.15, 0.2) is 16.6 Å². The predicted octanol–water partition coefficient (Wildman–Crippen LogP) is 2.99. The first-order valence-corrected chi connectivity index (χ1v) is 8.81. The topological polar surface area (TPSA) is 73.6 Å². The van der Waals surface area contributed by atoms with Gasteiger partial charge in [0.05, 0.1) is 7.11 Å². The second-order valence-electron chi connectivity index (χ2n) is 6.10. The lowest BCUT2D eigenvalue weighted by molar-refractivity contribution is -0.119. The summed E-state index contributed by atoms with van der Waals surface area (Å²) in [5, 5.41) is 3.65. The molecular formula is C17H25BrN2O3. The molecule has 23 heavy (non-hydrogen) atoms. The molecule has 6 heteroatoms. The van der Waals surface area contributed by atoms with E-state index in [4.69, 9.17) is 15.2 Å². The lowest BCUT2D eigenvalue weighted by Crippen LogP contribution is -2.36. The van der Waals surface area contributed by atoms with Crippen LogP contribution in [0.5, 0.6) is 11.5 Å². The second kappa shape index (κ2) is 8.55. The van der Waals surface area contributed by atoms with Gasteiger partial charge in [0.2, 0.25) is 0 Å². The summed E-state index contributed by atoms with van der Waals surface area (Å²) in [5.74, 6) is 1.30. The largest absolute Gasteiger partial charge is 0.493 e. The zero-order valence-electron chi connectivity index (χ0n) is 13.7. The van der Waals surface area contributed by atoms with Crippen LogP contribution in [0.25, 0.3) is 0 Å². The molecule has 0 heterocycles. The highest BCUT2D eigenvalue weighted by Gasteiger charge is 2.21. The zero-order valence-corrected chi connectivity index (χ0v) is 15.3. The van der Waals surface area contributed by atoms with Crippen LogP contribution in [0, 0.1) is 5.92 Å². The quantitative estimate of drug-likeness (QED) is 0.757. The minimum Gasteiger partial charge on any atom is -0.493 e. The molecule has 128 valence electrons. The van der Waals surface area contributed by atoms with Crippen molar-refractivity contribution in [1.82, 2.24) is 5.32 Å². The summed E-state index contributed by atoms with van der Waals surface area (Å²) in [6.45, 7) is 2.91. The van der Waals surface area contributed by atoms with Crippen molar-refractivity contribution in [2.24, 2.45) is 11.7 Å². The minimum absolute atomic E-state index is 0.167. The number of nitrogens with two attached hydrogens (primary N) is 1. The third-order valence-electron chi connectivity index (χ3n) is 4.37. The average Bonchev–Trinajstić information content (AvgIpc) is 2.53. The van der Waals surface area contributed by atoms with Gasteiger partial charge in [0.25, 0.3) is 5.91 Å².